The summed E-state index contributed by atoms with van der Waals surface area (Å²) in [6.45, 7) is 3.18. The molecule has 38 heavy (non-hydrogen) atoms. The fourth-order valence-corrected chi connectivity index (χ4v) is 5.88. The molecule has 1 saturated heterocycles. The topological polar surface area (TPSA) is 77.3 Å². The molecule has 2 heterocycles. The van der Waals surface area contributed by atoms with Crippen molar-refractivity contribution in [1.82, 2.24) is 19.9 Å². The van der Waals surface area contributed by atoms with Crippen molar-refractivity contribution in [2.24, 2.45) is 5.92 Å². The second-order valence-corrected chi connectivity index (χ2v) is 11.2. The van der Waals surface area contributed by atoms with Crippen LogP contribution in [-0.2, 0) is 16.1 Å². The highest BCUT2D eigenvalue weighted by molar-refractivity contribution is 8.14. The van der Waals surface area contributed by atoms with Gasteiger partial charge in [0.15, 0.2) is 10.9 Å². The highest BCUT2D eigenvalue weighted by Gasteiger charge is 2.41. The van der Waals surface area contributed by atoms with Crippen molar-refractivity contribution < 1.29 is 18.7 Å². The van der Waals surface area contributed by atoms with Crippen LogP contribution in [0.15, 0.2) is 60.3 Å². The van der Waals surface area contributed by atoms with E-state index >= 15 is 0 Å². The molecular formula is C29H31FN4O3S. The van der Waals surface area contributed by atoms with Crippen molar-refractivity contribution in [1.29, 1.82) is 0 Å². The van der Waals surface area contributed by atoms with Crippen LogP contribution in [0.5, 0.6) is 5.75 Å². The van der Waals surface area contributed by atoms with Crippen molar-refractivity contribution in [2.75, 3.05) is 20.2 Å². The van der Waals surface area contributed by atoms with E-state index in [4.69, 9.17) is 4.74 Å². The van der Waals surface area contributed by atoms with Gasteiger partial charge in [-0.1, -0.05) is 47.3 Å². The Morgan fingerprint density at radius 2 is 1.92 bits per heavy atom. The lowest BCUT2D eigenvalue weighted by atomic mass is 9.93. The Hall–Kier alpha value is -3.30. The Morgan fingerprint density at radius 3 is 2.61 bits per heavy atom. The molecule has 2 fully saturated rings. The molecule has 198 valence electrons. The Bertz CT molecular complexity index is 1340. The van der Waals surface area contributed by atoms with E-state index in [0.717, 1.165) is 29.7 Å². The molecule has 1 saturated carbocycles. The SMILES string of the molecule is COc1ccc(Cn2cc(C=C3CN(C(C(=O)C4CC4)c4ccccc4F)CCC3SC(C)=O)nn2)cc1. The molecule has 2 aliphatic rings. The molecule has 1 aromatic heterocycles. The number of ether oxygens (including phenoxy) is 1. The van der Waals surface area contributed by atoms with E-state index in [9.17, 15) is 14.0 Å². The summed E-state index contributed by atoms with van der Waals surface area (Å²) < 4.78 is 21.9. The van der Waals surface area contributed by atoms with Gasteiger partial charge in [0.1, 0.15) is 17.3 Å². The van der Waals surface area contributed by atoms with Gasteiger partial charge in [0.25, 0.3) is 0 Å². The minimum Gasteiger partial charge on any atom is -0.497 e. The zero-order valence-electron chi connectivity index (χ0n) is 21.5. The van der Waals surface area contributed by atoms with Gasteiger partial charge >= 0.3 is 0 Å². The number of hydrogen-bond donors (Lipinski definition) is 0. The van der Waals surface area contributed by atoms with E-state index in [1.807, 2.05) is 36.5 Å². The monoisotopic (exact) mass is 534 g/mol. The zero-order chi connectivity index (χ0) is 26.6. The number of methoxy groups -OCH3 is 1. The van der Waals surface area contributed by atoms with Gasteiger partial charge < -0.3 is 4.74 Å². The number of piperidine rings is 1. The number of benzene rings is 2. The number of hydrogen-bond acceptors (Lipinski definition) is 7. The van der Waals surface area contributed by atoms with Gasteiger partial charge in [-0.15, -0.1) is 5.10 Å². The Morgan fingerprint density at radius 1 is 1.16 bits per heavy atom. The first-order valence-corrected chi connectivity index (χ1v) is 13.7. The molecule has 9 heteroatoms. The van der Waals surface area contributed by atoms with E-state index in [0.29, 0.717) is 37.3 Å². The first-order chi connectivity index (χ1) is 18.4. The molecule has 0 radical (unpaired) electrons. The largest absolute Gasteiger partial charge is 0.497 e. The average molecular weight is 535 g/mol. The van der Waals surface area contributed by atoms with Crippen LogP contribution >= 0.6 is 11.8 Å². The van der Waals surface area contributed by atoms with Crippen molar-refractivity contribution >= 4 is 28.7 Å². The standard InChI is InChI=1S/C29H31FN4O3S/c1-19(35)38-27-13-14-33(28(29(36)21-9-10-21)25-5-3-4-6-26(25)30)17-22(27)15-23-18-34(32-31-23)16-20-7-11-24(37-2)12-8-20/h3-8,11-12,15,18,21,27-28H,9-10,13-14,16-17H2,1-2H3. The van der Waals surface area contributed by atoms with Crippen LogP contribution in [0.3, 0.4) is 0 Å². The summed E-state index contributed by atoms with van der Waals surface area (Å²) >= 11 is 1.30. The maximum absolute atomic E-state index is 14.9. The zero-order valence-corrected chi connectivity index (χ0v) is 22.4. The van der Waals surface area contributed by atoms with Crippen LogP contribution in [-0.4, -0.2) is 56.2 Å². The minimum absolute atomic E-state index is 0.00536. The Labute approximate surface area is 226 Å². The number of thioether (sulfide) groups is 1. The van der Waals surface area contributed by atoms with Crippen LogP contribution in [0.25, 0.3) is 6.08 Å². The first kappa shape index (κ1) is 26.3. The summed E-state index contributed by atoms with van der Waals surface area (Å²) in [6, 6.07) is 13.7. The summed E-state index contributed by atoms with van der Waals surface area (Å²) in [4.78, 5) is 27.5. The van der Waals surface area contributed by atoms with Crippen molar-refractivity contribution in [2.45, 2.75) is 44.0 Å². The molecule has 5 rings (SSSR count). The molecular weight excluding hydrogens is 503 g/mol. The first-order valence-electron chi connectivity index (χ1n) is 12.8. The van der Waals surface area contributed by atoms with Gasteiger partial charge in [0.2, 0.25) is 0 Å². The van der Waals surface area contributed by atoms with Gasteiger partial charge in [-0.05, 0) is 54.7 Å². The van der Waals surface area contributed by atoms with Crippen LogP contribution in [0, 0.1) is 11.7 Å². The van der Waals surface area contributed by atoms with E-state index in [1.165, 1.54) is 17.8 Å². The third-order valence-corrected chi connectivity index (χ3v) is 8.15. The number of ketones is 1. The molecule has 1 aliphatic carbocycles. The maximum Gasteiger partial charge on any atom is 0.186 e. The molecule has 2 aromatic carbocycles. The molecule has 0 amide bonds. The quantitative estimate of drug-likeness (QED) is 0.385. The number of Topliss-reactive ketones (excluding diaryl/α,β-unsaturated/α-hetero) is 1. The fraction of sp³-hybridized carbons (Fsp3) is 0.379. The molecule has 0 spiro atoms. The summed E-state index contributed by atoms with van der Waals surface area (Å²) in [5, 5.41) is 8.62. The molecule has 2 atom stereocenters. The molecule has 0 bridgehead atoms. The lowest BCUT2D eigenvalue weighted by molar-refractivity contribution is -0.126. The number of likely N-dealkylation sites (tertiary alicyclic amines) is 1. The summed E-state index contributed by atoms with van der Waals surface area (Å²) in [7, 11) is 1.64. The van der Waals surface area contributed by atoms with Gasteiger partial charge in [0.05, 0.1) is 25.9 Å². The van der Waals surface area contributed by atoms with Crippen LogP contribution < -0.4 is 4.74 Å². The summed E-state index contributed by atoms with van der Waals surface area (Å²) in [5.74, 6) is 0.507. The number of aromatic nitrogens is 3. The molecule has 0 N–H and O–H groups in total. The lowest BCUT2D eigenvalue weighted by Gasteiger charge is -2.38. The second-order valence-electron chi connectivity index (χ2n) is 9.87. The van der Waals surface area contributed by atoms with Crippen LogP contribution in [0.4, 0.5) is 4.39 Å². The highest BCUT2D eigenvalue weighted by Crippen LogP contribution is 2.40. The number of rotatable bonds is 9. The van der Waals surface area contributed by atoms with E-state index in [-0.39, 0.29) is 27.9 Å². The Balaban J connectivity index is 1.40. The predicted octanol–water partition coefficient (Wildman–Crippen LogP) is 4.93. The number of carbonyl (C=O) groups is 2. The van der Waals surface area contributed by atoms with Crippen molar-refractivity contribution in [3.8, 4) is 5.75 Å². The maximum atomic E-state index is 14.9. The van der Waals surface area contributed by atoms with E-state index < -0.39 is 6.04 Å². The smallest absolute Gasteiger partial charge is 0.186 e. The molecule has 2 unspecified atom stereocenters. The van der Waals surface area contributed by atoms with Crippen molar-refractivity contribution in [3.05, 3.63) is 82.9 Å². The Kier molecular flexibility index (Phi) is 8.04. The minimum atomic E-state index is -0.638. The van der Waals surface area contributed by atoms with E-state index in [2.05, 4.69) is 15.2 Å². The van der Waals surface area contributed by atoms with Gasteiger partial charge in [-0.3, -0.25) is 14.5 Å². The fourth-order valence-electron chi connectivity index (χ4n) is 4.96. The van der Waals surface area contributed by atoms with Gasteiger partial charge in [0, 0.05) is 36.7 Å². The number of carbonyl (C=O) groups excluding carboxylic acids is 2. The van der Waals surface area contributed by atoms with E-state index in [1.54, 1.807) is 36.9 Å². The predicted molar refractivity (Wildman–Crippen MR) is 145 cm³/mol. The third-order valence-electron chi connectivity index (χ3n) is 6.99. The van der Waals surface area contributed by atoms with Crippen LogP contribution in [0.1, 0.15) is 49.0 Å². The second kappa shape index (κ2) is 11.6. The van der Waals surface area contributed by atoms with Crippen LogP contribution in [0.2, 0.25) is 0 Å². The summed E-state index contributed by atoms with van der Waals surface area (Å²) in [6.07, 6.45) is 6.24. The number of halogens is 1. The lowest BCUT2D eigenvalue weighted by Crippen LogP contribution is -2.43. The van der Waals surface area contributed by atoms with Crippen molar-refractivity contribution in [3.63, 3.8) is 0 Å². The third kappa shape index (κ3) is 6.22. The molecule has 3 aromatic rings. The van der Waals surface area contributed by atoms with Gasteiger partial charge in [-0.2, -0.15) is 0 Å². The highest BCUT2D eigenvalue weighted by atomic mass is 32.2. The average Bonchev–Trinajstić information content (AvgIpc) is 3.67. The normalized spacial score (nSPS) is 19.9. The van der Waals surface area contributed by atoms with Gasteiger partial charge in [-0.25, -0.2) is 9.07 Å². The molecule has 1 aliphatic heterocycles. The number of nitrogens with zero attached hydrogens (tertiary/aromatic N) is 4. The molecule has 7 nitrogen and oxygen atoms in total. The summed E-state index contributed by atoms with van der Waals surface area (Å²) in [5.41, 5.74) is 3.15.